The fraction of sp³-hybridized carbons (Fsp3) is 0.176. The maximum Gasteiger partial charge on any atom is 0.323 e. The molecule has 1 aliphatic heterocycles. The summed E-state index contributed by atoms with van der Waals surface area (Å²) in [5.74, 6) is 0. The topological polar surface area (TPSA) is 102 Å². The lowest BCUT2D eigenvalue weighted by molar-refractivity contribution is 0.262. The molecule has 2 aromatic rings. The summed E-state index contributed by atoms with van der Waals surface area (Å²) in [6.45, 7) is 0.408. The Labute approximate surface area is 145 Å². The van der Waals surface area contributed by atoms with Crippen LogP contribution in [-0.2, 0) is 16.4 Å². The Morgan fingerprint density at radius 1 is 1.16 bits per heavy atom. The van der Waals surface area contributed by atoms with E-state index in [1.54, 1.807) is 36.4 Å². The minimum Gasteiger partial charge on any atom is -0.308 e. The van der Waals surface area contributed by atoms with E-state index < -0.39 is 16.1 Å². The van der Waals surface area contributed by atoms with E-state index in [0.717, 1.165) is 11.8 Å². The second-order valence-corrected chi connectivity index (χ2v) is 7.61. The van der Waals surface area contributed by atoms with Crippen molar-refractivity contribution in [3.8, 4) is 6.07 Å². The number of nitriles is 1. The Bertz CT molecular complexity index is 980. The van der Waals surface area contributed by atoms with Crippen LogP contribution < -0.4 is 14.9 Å². The van der Waals surface area contributed by atoms with Crippen molar-refractivity contribution in [3.05, 3.63) is 53.6 Å². The molecule has 2 N–H and O–H groups in total. The molecular formula is C17H16N4O3S. The molecule has 0 atom stereocenters. The third kappa shape index (κ3) is 3.72. The first-order valence-electron chi connectivity index (χ1n) is 7.55. The van der Waals surface area contributed by atoms with Gasteiger partial charge >= 0.3 is 6.03 Å². The number of rotatable bonds is 3. The number of hydrogen-bond donors (Lipinski definition) is 2. The predicted octanol–water partition coefficient (Wildman–Crippen LogP) is 2.52. The minimum absolute atomic E-state index is 0.408. The summed E-state index contributed by atoms with van der Waals surface area (Å²) in [5, 5.41) is 14.2. The van der Waals surface area contributed by atoms with Gasteiger partial charge in [-0.3, -0.25) is 4.31 Å². The molecule has 1 heterocycles. The summed E-state index contributed by atoms with van der Waals surface area (Å²) in [5.41, 5.74) is 2.95. The number of urea groups is 1. The smallest absolute Gasteiger partial charge is 0.308 e. The molecule has 2 aromatic carbocycles. The molecule has 0 radical (unpaired) electrons. The van der Waals surface area contributed by atoms with E-state index in [9.17, 15) is 13.2 Å². The van der Waals surface area contributed by atoms with Gasteiger partial charge in [0.05, 0.1) is 23.6 Å². The Hall–Kier alpha value is -3.05. The van der Waals surface area contributed by atoms with Crippen molar-refractivity contribution < 1.29 is 13.2 Å². The number of fused-ring (bicyclic) bond motifs is 1. The van der Waals surface area contributed by atoms with Gasteiger partial charge in [-0.05, 0) is 42.3 Å². The van der Waals surface area contributed by atoms with Crippen molar-refractivity contribution in [3.63, 3.8) is 0 Å². The summed E-state index contributed by atoms with van der Waals surface area (Å²) < 4.78 is 25.0. The second kappa shape index (κ2) is 6.45. The largest absolute Gasteiger partial charge is 0.323 e. The standard InChI is InChI=1S/C17H16N4O3S/c1-25(23,24)21-8-7-13-5-6-15(10-16(13)21)20-17(22)19-14-4-2-3-12(9-14)11-18/h2-6,9-10H,7-8H2,1H3,(H2,19,20,22). The van der Waals surface area contributed by atoms with Crippen molar-refractivity contribution in [2.75, 3.05) is 27.7 Å². The highest BCUT2D eigenvalue weighted by atomic mass is 32.2. The van der Waals surface area contributed by atoms with Crippen molar-refractivity contribution in [1.29, 1.82) is 5.26 Å². The predicted molar refractivity (Wildman–Crippen MR) is 96.1 cm³/mol. The first-order chi connectivity index (χ1) is 11.9. The first-order valence-corrected chi connectivity index (χ1v) is 9.40. The van der Waals surface area contributed by atoms with E-state index in [2.05, 4.69) is 10.6 Å². The highest BCUT2D eigenvalue weighted by molar-refractivity contribution is 7.92. The van der Waals surface area contributed by atoms with E-state index in [0.29, 0.717) is 35.6 Å². The monoisotopic (exact) mass is 356 g/mol. The molecule has 128 valence electrons. The lowest BCUT2D eigenvalue weighted by atomic mass is 10.1. The maximum absolute atomic E-state index is 12.1. The fourth-order valence-corrected chi connectivity index (χ4v) is 3.68. The molecule has 0 saturated carbocycles. The van der Waals surface area contributed by atoms with Gasteiger partial charge in [0.15, 0.2) is 0 Å². The quantitative estimate of drug-likeness (QED) is 0.882. The number of nitrogens with zero attached hydrogens (tertiary/aromatic N) is 2. The van der Waals surface area contributed by atoms with Gasteiger partial charge in [0, 0.05) is 17.9 Å². The van der Waals surface area contributed by atoms with Gasteiger partial charge in [0.2, 0.25) is 10.0 Å². The first kappa shape index (κ1) is 16.8. The SMILES string of the molecule is CS(=O)(=O)N1CCc2ccc(NC(=O)Nc3cccc(C#N)c3)cc21. The highest BCUT2D eigenvalue weighted by Crippen LogP contribution is 2.32. The Morgan fingerprint density at radius 2 is 1.88 bits per heavy atom. The molecule has 7 nitrogen and oxygen atoms in total. The van der Waals surface area contributed by atoms with Crippen LogP contribution in [-0.4, -0.2) is 27.2 Å². The molecule has 0 aliphatic carbocycles. The molecule has 0 unspecified atom stereocenters. The molecule has 0 saturated heterocycles. The summed E-state index contributed by atoms with van der Waals surface area (Å²) in [4.78, 5) is 12.1. The van der Waals surface area contributed by atoms with E-state index in [1.807, 2.05) is 12.1 Å². The van der Waals surface area contributed by atoms with Crippen LogP contribution in [0.1, 0.15) is 11.1 Å². The van der Waals surface area contributed by atoms with Crippen LogP contribution in [0, 0.1) is 11.3 Å². The zero-order valence-corrected chi connectivity index (χ0v) is 14.3. The number of hydrogen-bond acceptors (Lipinski definition) is 4. The molecule has 0 bridgehead atoms. The van der Waals surface area contributed by atoms with Crippen molar-refractivity contribution in [1.82, 2.24) is 0 Å². The molecule has 0 aromatic heterocycles. The number of carbonyl (C=O) groups is 1. The van der Waals surface area contributed by atoms with Gasteiger partial charge in [0.25, 0.3) is 0 Å². The minimum atomic E-state index is -3.34. The fourth-order valence-electron chi connectivity index (χ4n) is 2.73. The Balaban J connectivity index is 1.75. The number of benzene rings is 2. The summed E-state index contributed by atoms with van der Waals surface area (Å²) >= 11 is 0. The number of amides is 2. The van der Waals surface area contributed by atoms with Crippen molar-refractivity contribution in [2.45, 2.75) is 6.42 Å². The van der Waals surface area contributed by atoms with E-state index in [-0.39, 0.29) is 0 Å². The van der Waals surface area contributed by atoms with Crippen molar-refractivity contribution >= 4 is 33.1 Å². The zero-order valence-electron chi connectivity index (χ0n) is 13.5. The van der Waals surface area contributed by atoms with Gasteiger partial charge in [-0.25, -0.2) is 13.2 Å². The van der Waals surface area contributed by atoms with Gasteiger partial charge in [-0.15, -0.1) is 0 Å². The lowest BCUT2D eigenvalue weighted by Crippen LogP contribution is -2.27. The third-order valence-electron chi connectivity index (χ3n) is 3.85. The molecule has 1 aliphatic rings. The number of sulfonamides is 1. The third-order valence-corrected chi connectivity index (χ3v) is 5.03. The molecule has 0 spiro atoms. The molecule has 25 heavy (non-hydrogen) atoms. The average molecular weight is 356 g/mol. The summed E-state index contributed by atoms with van der Waals surface area (Å²) in [6.07, 6.45) is 1.81. The van der Waals surface area contributed by atoms with Gasteiger partial charge in [0.1, 0.15) is 0 Å². The maximum atomic E-state index is 12.1. The number of carbonyl (C=O) groups excluding carboxylic acids is 1. The van der Waals surface area contributed by atoms with Crippen LogP contribution in [0.15, 0.2) is 42.5 Å². The summed E-state index contributed by atoms with van der Waals surface area (Å²) in [6, 6.07) is 13.3. The summed E-state index contributed by atoms with van der Waals surface area (Å²) in [7, 11) is -3.34. The van der Waals surface area contributed by atoms with Crippen LogP contribution in [0.3, 0.4) is 0 Å². The van der Waals surface area contributed by atoms with Gasteiger partial charge in [-0.1, -0.05) is 12.1 Å². The molecule has 8 heteroatoms. The van der Waals surface area contributed by atoms with E-state index in [4.69, 9.17) is 5.26 Å². The Morgan fingerprint density at radius 3 is 2.56 bits per heavy atom. The number of anilines is 3. The second-order valence-electron chi connectivity index (χ2n) is 5.70. The molecule has 0 fully saturated rings. The number of nitrogens with one attached hydrogen (secondary N) is 2. The van der Waals surface area contributed by atoms with Gasteiger partial charge < -0.3 is 10.6 Å². The average Bonchev–Trinajstić information content (AvgIpc) is 2.98. The lowest BCUT2D eigenvalue weighted by Gasteiger charge is -2.17. The van der Waals surface area contributed by atoms with Crippen molar-refractivity contribution in [2.24, 2.45) is 0 Å². The van der Waals surface area contributed by atoms with Gasteiger partial charge in [-0.2, -0.15) is 5.26 Å². The molecule has 2 amide bonds. The highest BCUT2D eigenvalue weighted by Gasteiger charge is 2.26. The van der Waals surface area contributed by atoms with E-state index in [1.165, 1.54) is 4.31 Å². The van der Waals surface area contributed by atoms with Crippen LogP contribution >= 0.6 is 0 Å². The van der Waals surface area contributed by atoms with E-state index >= 15 is 0 Å². The van der Waals surface area contributed by atoms with Crippen LogP contribution in [0.25, 0.3) is 0 Å². The van der Waals surface area contributed by atoms with Crippen LogP contribution in [0.4, 0.5) is 21.9 Å². The zero-order chi connectivity index (χ0) is 18.0. The van der Waals surface area contributed by atoms with Crippen LogP contribution in [0.5, 0.6) is 0 Å². The van der Waals surface area contributed by atoms with Crippen LogP contribution in [0.2, 0.25) is 0 Å². The Kier molecular flexibility index (Phi) is 4.33. The normalized spacial score (nSPS) is 13.0. The molecular weight excluding hydrogens is 340 g/mol. The molecule has 3 rings (SSSR count).